The smallest absolute Gasteiger partial charge is 0.349 e. The molecule has 0 fully saturated rings. The monoisotopic (exact) mass is 751 g/mol. The van der Waals surface area contributed by atoms with Crippen LogP contribution in [0.15, 0.2) is 51.6 Å². The lowest BCUT2D eigenvalue weighted by molar-refractivity contribution is 0.0590. The van der Waals surface area contributed by atoms with Crippen LogP contribution >= 0.6 is 11.3 Å². The number of nitrogens with one attached hydrogen (secondary N) is 4. The molecule has 0 saturated carbocycles. The maximum atomic E-state index is 12.4. The molecule has 50 heavy (non-hydrogen) atoms. The summed E-state index contributed by atoms with van der Waals surface area (Å²) in [5, 5.41) is 5.79. The zero-order chi connectivity index (χ0) is 37.2. The molecule has 4 N–H and O–H groups in total. The number of anilines is 2. The van der Waals surface area contributed by atoms with Crippen LogP contribution in [0.3, 0.4) is 0 Å². The Morgan fingerprint density at radius 2 is 1.22 bits per heavy atom. The largest absolute Gasteiger partial charge is 0.467 e. The van der Waals surface area contributed by atoms with Gasteiger partial charge in [-0.1, -0.05) is 12.1 Å². The molecule has 1 aromatic carbocycles. The van der Waals surface area contributed by atoms with Gasteiger partial charge in [0.2, 0.25) is 11.9 Å². The number of carbonyl (C=O) groups is 4. The molecular formula is C27H29N9O11S3. The van der Waals surface area contributed by atoms with Crippen LogP contribution in [0.2, 0.25) is 0 Å². The Kier molecular flexibility index (Phi) is 12.8. The molecule has 23 heteroatoms. The number of hydrogen-bond donors (Lipinski definition) is 4. The van der Waals surface area contributed by atoms with Gasteiger partial charge in [0.05, 0.1) is 26.9 Å². The van der Waals surface area contributed by atoms with E-state index in [0.29, 0.717) is 11.4 Å². The second-order valence-electron chi connectivity index (χ2n) is 9.38. The second kappa shape index (κ2) is 16.5. The quantitative estimate of drug-likeness (QED) is 0.178. The lowest BCUT2D eigenvalue weighted by atomic mass is 10.2. The Labute approximate surface area is 289 Å². The van der Waals surface area contributed by atoms with Crippen LogP contribution in [-0.4, -0.2) is 87.1 Å². The molecule has 0 aliphatic rings. The molecule has 20 nitrogen and oxygen atoms in total. The van der Waals surface area contributed by atoms with Gasteiger partial charge in [-0.2, -0.15) is 15.0 Å². The maximum absolute atomic E-state index is 12.4. The fraction of sp³-hybridized carbons (Fsp3) is 0.222. The normalized spacial score (nSPS) is 10.8. The third-order valence-corrected chi connectivity index (χ3v) is 9.45. The number of aryl methyl sites for hydroxylation is 3. The number of methoxy groups -OCH3 is 3. The topological polar surface area (TPSA) is 277 Å². The molecule has 4 amide bonds. The second-order valence-corrected chi connectivity index (χ2v) is 13.6. The highest BCUT2D eigenvalue weighted by Gasteiger charge is 2.27. The van der Waals surface area contributed by atoms with E-state index in [1.807, 2.05) is 4.72 Å². The van der Waals surface area contributed by atoms with Crippen LogP contribution in [0.25, 0.3) is 0 Å². The van der Waals surface area contributed by atoms with Crippen LogP contribution in [0.5, 0.6) is 6.01 Å². The molecule has 3 heterocycles. The van der Waals surface area contributed by atoms with Crippen LogP contribution in [0.1, 0.15) is 37.2 Å². The van der Waals surface area contributed by atoms with Crippen molar-refractivity contribution in [3.8, 4) is 6.01 Å². The minimum absolute atomic E-state index is 0.0357. The molecule has 0 aliphatic carbocycles. The van der Waals surface area contributed by atoms with Crippen molar-refractivity contribution in [2.75, 3.05) is 32.0 Å². The van der Waals surface area contributed by atoms with E-state index in [0.717, 1.165) is 25.6 Å². The average Bonchev–Trinajstić information content (AvgIpc) is 3.54. The summed E-state index contributed by atoms with van der Waals surface area (Å²) in [6, 6.07) is 6.05. The first kappa shape index (κ1) is 38.6. The van der Waals surface area contributed by atoms with E-state index in [4.69, 9.17) is 4.74 Å². The van der Waals surface area contributed by atoms with E-state index >= 15 is 0 Å². The van der Waals surface area contributed by atoms with Crippen molar-refractivity contribution < 1.29 is 50.2 Å². The third kappa shape index (κ3) is 10.3. The third-order valence-electron chi connectivity index (χ3n) is 5.67. The van der Waals surface area contributed by atoms with Crippen molar-refractivity contribution in [1.29, 1.82) is 0 Å². The fourth-order valence-electron chi connectivity index (χ4n) is 3.72. The van der Waals surface area contributed by atoms with Gasteiger partial charge in [-0.25, -0.2) is 55.4 Å². The van der Waals surface area contributed by atoms with Gasteiger partial charge in [-0.05, 0) is 50.4 Å². The molecule has 0 atom stereocenters. The Hall–Kier alpha value is -5.81. The number of esters is 2. The van der Waals surface area contributed by atoms with Gasteiger partial charge < -0.3 is 14.2 Å². The predicted molar refractivity (Wildman–Crippen MR) is 175 cm³/mol. The molecule has 0 radical (unpaired) electrons. The van der Waals surface area contributed by atoms with Crippen molar-refractivity contribution in [2.24, 2.45) is 0 Å². The first-order chi connectivity index (χ1) is 23.5. The highest BCUT2D eigenvalue weighted by Crippen LogP contribution is 2.23. The van der Waals surface area contributed by atoms with Crippen molar-refractivity contribution >= 4 is 67.3 Å². The number of carbonyl (C=O) groups excluding carboxylic acids is 4. The van der Waals surface area contributed by atoms with Gasteiger partial charge in [-0.3, -0.25) is 10.6 Å². The van der Waals surface area contributed by atoms with E-state index in [9.17, 15) is 36.0 Å². The molecular weight excluding hydrogens is 723 g/mol. The maximum Gasteiger partial charge on any atom is 0.349 e. The summed E-state index contributed by atoms with van der Waals surface area (Å²) in [6.07, 6.45) is 0. The number of aromatic nitrogens is 5. The first-order valence-electron chi connectivity index (χ1n) is 13.6. The Morgan fingerprint density at radius 1 is 0.680 bits per heavy atom. The Morgan fingerprint density at radius 3 is 1.78 bits per heavy atom. The minimum atomic E-state index is -4.30. The summed E-state index contributed by atoms with van der Waals surface area (Å²) in [5.74, 6) is -1.63. The highest BCUT2D eigenvalue weighted by molar-refractivity contribution is 7.90. The van der Waals surface area contributed by atoms with Crippen molar-refractivity contribution in [1.82, 2.24) is 34.4 Å². The molecule has 4 rings (SSSR count). The van der Waals surface area contributed by atoms with Crippen LogP contribution < -0.4 is 24.8 Å². The zero-order valence-corrected chi connectivity index (χ0v) is 29.4. The number of rotatable bonds is 9. The first-order valence-corrected chi connectivity index (χ1v) is 17.4. The molecule has 3 aromatic heterocycles. The van der Waals surface area contributed by atoms with Gasteiger partial charge in [0.25, 0.3) is 20.0 Å². The summed E-state index contributed by atoms with van der Waals surface area (Å²) in [4.78, 5) is 65.7. The molecule has 0 aliphatic heterocycles. The Bertz CT molecular complexity index is 2120. The summed E-state index contributed by atoms with van der Waals surface area (Å²) in [6.45, 7) is 4.96. The molecule has 0 bridgehead atoms. The number of urea groups is 2. The summed E-state index contributed by atoms with van der Waals surface area (Å²) in [7, 11) is -5.03. The van der Waals surface area contributed by atoms with Gasteiger partial charge in [0.15, 0.2) is 0 Å². The van der Waals surface area contributed by atoms with E-state index in [1.165, 1.54) is 49.7 Å². The van der Waals surface area contributed by atoms with Gasteiger partial charge in [-0.15, -0.1) is 11.3 Å². The zero-order valence-electron chi connectivity index (χ0n) is 27.0. The number of sulfonamides is 2. The highest BCUT2D eigenvalue weighted by atomic mass is 32.2. The van der Waals surface area contributed by atoms with E-state index in [2.05, 4.69) is 45.0 Å². The lowest BCUT2D eigenvalue weighted by Crippen LogP contribution is -2.35. The van der Waals surface area contributed by atoms with Crippen LogP contribution in [0, 0.1) is 20.8 Å². The van der Waals surface area contributed by atoms with Crippen LogP contribution in [-0.2, 0) is 29.5 Å². The van der Waals surface area contributed by atoms with Gasteiger partial charge in [0, 0.05) is 11.4 Å². The van der Waals surface area contributed by atoms with Gasteiger partial charge >= 0.3 is 30.0 Å². The molecule has 4 aromatic rings. The van der Waals surface area contributed by atoms with E-state index < -0.39 is 44.0 Å². The van der Waals surface area contributed by atoms with E-state index in [-0.39, 0.29) is 44.0 Å². The molecule has 0 saturated heterocycles. The van der Waals surface area contributed by atoms with E-state index in [1.54, 1.807) is 24.6 Å². The van der Waals surface area contributed by atoms with Crippen LogP contribution in [0.4, 0.5) is 21.5 Å². The number of hydrogen-bond acceptors (Lipinski definition) is 17. The molecule has 0 unspecified atom stereocenters. The summed E-state index contributed by atoms with van der Waals surface area (Å²) >= 11 is 0.872. The summed E-state index contributed by atoms with van der Waals surface area (Å²) < 4.78 is 66.8. The van der Waals surface area contributed by atoms with Gasteiger partial charge in [0.1, 0.15) is 20.5 Å². The molecule has 266 valence electrons. The standard InChI is InChI=1S/C15H16N4O5S.C12H13N5O6S2/c1-9-8-10(2)17-14(16-9)18-15(21)19-25(22,23)12-7-5-4-6-11(12)13(20)24-3;1-6-13-10(16-12(14-6)23-3)15-11(19)17-25(20,21)7-4-5-24-8(7)9(18)22-2/h4-8H,1-3H3,(H2,16,17,18,19,21);4-5H,1-3H3,(H2,13,14,15,16,17,19). The summed E-state index contributed by atoms with van der Waals surface area (Å²) in [5.41, 5.74) is 1.04. The number of nitrogens with zero attached hydrogens (tertiary/aromatic N) is 5. The van der Waals surface area contributed by atoms with Crippen molar-refractivity contribution in [3.05, 3.63) is 69.4 Å². The number of benzene rings is 1. The number of thiophene rings is 1. The van der Waals surface area contributed by atoms with Crippen molar-refractivity contribution in [2.45, 2.75) is 30.6 Å². The number of ether oxygens (including phenoxy) is 3. The Balaban J connectivity index is 0.000000270. The number of amides is 4. The molecule has 0 spiro atoms. The lowest BCUT2D eigenvalue weighted by Gasteiger charge is -2.11. The predicted octanol–water partition coefficient (Wildman–Crippen LogP) is 1.94. The van der Waals surface area contributed by atoms with Crippen molar-refractivity contribution in [3.63, 3.8) is 0 Å². The SMILES string of the molecule is COC(=O)c1ccccc1S(=O)(=O)NC(=O)Nc1nc(C)cc(C)n1.COC(=O)c1sccc1S(=O)(=O)NC(=O)Nc1nc(C)nc(OC)n1. The fourth-order valence-corrected chi connectivity index (χ4v) is 7.07. The average molecular weight is 752 g/mol. The minimum Gasteiger partial charge on any atom is -0.467 e.